The van der Waals surface area contributed by atoms with Gasteiger partial charge in [0.25, 0.3) is 0 Å². The first-order valence-corrected chi connectivity index (χ1v) is 9.91. The zero-order chi connectivity index (χ0) is 18.3. The van der Waals surface area contributed by atoms with Crippen molar-refractivity contribution in [2.75, 3.05) is 24.5 Å². The fourth-order valence-corrected chi connectivity index (χ4v) is 4.96. The maximum atomic E-state index is 14.1. The SMILES string of the molecule is O=C1N([C@H]2CC[C@H](O)CC2)CCC12CCN(c1ncc(Cl)cc1F)CC2. The third-order valence-electron chi connectivity index (χ3n) is 6.46. The zero-order valence-corrected chi connectivity index (χ0v) is 15.6. The molecule has 1 aromatic rings. The van der Waals surface area contributed by atoms with Crippen molar-refractivity contribution in [1.29, 1.82) is 0 Å². The number of rotatable bonds is 2. The number of nitrogens with zero attached hydrogens (tertiary/aromatic N) is 3. The summed E-state index contributed by atoms with van der Waals surface area (Å²) in [5, 5.41) is 9.99. The lowest BCUT2D eigenvalue weighted by Crippen LogP contribution is -2.47. The van der Waals surface area contributed by atoms with Crippen LogP contribution in [0.25, 0.3) is 0 Å². The van der Waals surface area contributed by atoms with E-state index in [2.05, 4.69) is 9.88 Å². The van der Waals surface area contributed by atoms with Gasteiger partial charge in [-0.3, -0.25) is 4.79 Å². The smallest absolute Gasteiger partial charge is 0.229 e. The van der Waals surface area contributed by atoms with Gasteiger partial charge < -0.3 is 14.9 Å². The monoisotopic (exact) mass is 381 g/mol. The Bertz CT molecular complexity index is 685. The molecule has 0 atom stereocenters. The van der Waals surface area contributed by atoms with Crippen molar-refractivity contribution in [1.82, 2.24) is 9.88 Å². The van der Waals surface area contributed by atoms with Crippen LogP contribution in [-0.2, 0) is 4.79 Å². The number of piperidine rings is 1. The third kappa shape index (κ3) is 3.18. The van der Waals surface area contributed by atoms with E-state index in [1.807, 2.05) is 4.90 Å². The van der Waals surface area contributed by atoms with E-state index >= 15 is 0 Å². The summed E-state index contributed by atoms with van der Waals surface area (Å²) in [7, 11) is 0. The molecule has 0 aromatic carbocycles. The number of aliphatic hydroxyl groups is 1. The van der Waals surface area contributed by atoms with Crippen LogP contribution in [0, 0.1) is 11.2 Å². The van der Waals surface area contributed by atoms with Crippen LogP contribution in [0.3, 0.4) is 0 Å². The van der Waals surface area contributed by atoms with Crippen molar-refractivity contribution in [2.24, 2.45) is 5.41 Å². The van der Waals surface area contributed by atoms with Crippen LogP contribution < -0.4 is 4.90 Å². The Morgan fingerprint density at radius 3 is 2.46 bits per heavy atom. The number of aromatic nitrogens is 1. The molecular formula is C19H25ClFN3O2. The van der Waals surface area contributed by atoms with Crippen LogP contribution in [0.15, 0.2) is 12.3 Å². The molecule has 3 heterocycles. The first kappa shape index (κ1) is 18.0. The number of pyridine rings is 1. The molecule has 7 heteroatoms. The second-order valence-corrected chi connectivity index (χ2v) is 8.37. The van der Waals surface area contributed by atoms with Crippen molar-refractivity contribution >= 4 is 23.3 Å². The quantitative estimate of drug-likeness (QED) is 0.855. The molecule has 0 unspecified atom stereocenters. The third-order valence-corrected chi connectivity index (χ3v) is 6.67. The molecule has 1 spiro atoms. The minimum atomic E-state index is -0.409. The molecule has 1 aliphatic carbocycles. The van der Waals surface area contributed by atoms with E-state index in [1.54, 1.807) is 0 Å². The van der Waals surface area contributed by atoms with Gasteiger partial charge in [-0.25, -0.2) is 9.37 Å². The highest BCUT2D eigenvalue weighted by atomic mass is 35.5. The van der Waals surface area contributed by atoms with Gasteiger partial charge in [0.2, 0.25) is 5.91 Å². The van der Waals surface area contributed by atoms with Crippen LogP contribution >= 0.6 is 11.6 Å². The normalized spacial score (nSPS) is 28.8. The minimum Gasteiger partial charge on any atom is -0.393 e. The lowest BCUT2D eigenvalue weighted by atomic mass is 9.77. The molecule has 0 radical (unpaired) electrons. The predicted molar refractivity (Wildman–Crippen MR) is 97.7 cm³/mol. The van der Waals surface area contributed by atoms with Gasteiger partial charge in [0, 0.05) is 31.9 Å². The maximum Gasteiger partial charge on any atom is 0.229 e. The van der Waals surface area contributed by atoms with E-state index in [-0.39, 0.29) is 23.5 Å². The second kappa shape index (κ2) is 6.97. The molecule has 142 valence electrons. The number of halogens is 2. The summed E-state index contributed by atoms with van der Waals surface area (Å²) in [6.45, 7) is 2.08. The highest BCUT2D eigenvalue weighted by Crippen LogP contribution is 2.44. The Hall–Kier alpha value is -1.40. The summed E-state index contributed by atoms with van der Waals surface area (Å²) in [5.41, 5.74) is -0.296. The fourth-order valence-electron chi connectivity index (χ4n) is 4.82. The van der Waals surface area contributed by atoms with Gasteiger partial charge in [0.1, 0.15) is 0 Å². The minimum absolute atomic E-state index is 0.206. The molecule has 1 saturated carbocycles. The molecule has 0 bridgehead atoms. The lowest BCUT2D eigenvalue weighted by molar-refractivity contribution is -0.139. The summed E-state index contributed by atoms with van der Waals surface area (Å²) < 4.78 is 14.1. The van der Waals surface area contributed by atoms with Crippen molar-refractivity contribution in [3.8, 4) is 0 Å². The average molecular weight is 382 g/mol. The van der Waals surface area contributed by atoms with Crippen molar-refractivity contribution < 1.29 is 14.3 Å². The molecular weight excluding hydrogens is 357 g/mol. The summed E-state index contributed by atoms with van der Waals surface area (Å²) in [6.07, 6.45) is 6.99. The summed E-state index contributed by atoms with van der Waals surface area (Å²) in [4.78, 5) is 21.3. The van der Waals surface area contributed by atoms with Crippen LogP contribution in [0.5, 0.6) is 0 Å². The molecule has 1 amide bonds. The molecule has 1 N–H and O–H groups in total. The van der Waals surface area contributed by atoms with Crippen LogP contribution in [0.1, 0.15) is 44.9 Å². The second-order valence-electron chi connectivity index (χ2n) is 7.94. The largest absolute Gasteiger partial charge is 0.393 e. The summed E-state index contributed by atoms with van der Waals surface area (Å²) >= 11 is 5.79. The van der Waals surface area contributed by atoms with E-state index in [4.69, 9.17) is 11.6 Å². The van der Waals surface area contributed by atoms with Crippen LogP contribution in [-0.4, -0.2) is 52.7 Å². The Balaban J connectivity index is 1.41. The molecule has 2 aliphatic heterocycles. The number of aliphatic hydroxyl groups excluding tert-OH is 1. The Labute approximate surface area is 158 Å². The highest BCUT2D eigenvalue weighted by Gasteiger charge is 2.50. The number of carbonyl (C=O) groups is 1. The van der Waals surface area contributed by atoms with Crippen molar-refractivity contribution in [3.05, 3.63) is 23.1 Å². The molecule has 2 saturated heterocycles. The number of carbonyl (C=O) groups excluding carboxylic acids is 1. The zero-order valence-electron chi connectivity index (χ0n) is 14.8. The average Bonchev–Trinajstić information content (AvgIpc) is 2.94. The van der Waals surface area contributed by atoms with Gasteiger partial charge in [-0.2, -0.15) is 0 Å². The molecule has 5 nitrogen and oxygen atoms in total. The number of hydrogen-bond donors (Lipinski definition) is 1. The number of hydrogen-bond acceptors (Lipinski definition) is 4. The molecule has 26 heavy (non-hydrogen) atoms. The van der Waals surface area contributed by atoms with E-state index in [9.17, 15) is 14.3 Å². The summed E-state index contributed by atoms with van der Waals surface area (Å²) in [6, 6.07) is 1.56. The van der Waals surface area contributed by atoms with Gasteiger partial charge in [0.05, 0.1) is 16.5 Å². The van der Waals surface area contributed by atoms with Gasteiger partial charge in [0.15, 0.2) is 11.6 Å². The van der Waals surface area contributed by atoms with E-state index in [0.717, 1.165) is 51.5 Å². The number of likely N-dealkylation sites (tertiary alicyclic amines) is 1. The first-order valence-electron chi connectivity index (χ1n) is 9.54. The van der Waals surface area contributed by atoms with E-state index in [1.165, 1.54) is 12.3 Å². The van der Waals surface area contributed by atoms with Crippen LogP contribution in [0.4, 0.5) is 10.2 Å². The number of anilines is 1. The standard InChI is InChI=1S/C19H25ClFN3O2/c20-13-11-16(21)17(22-12-13)23-8-5-19(6-9-23)7-10-24(18(19)26)14-1-3-15(25)4-2-14/h11-12,14-15,25H,1-10H2/t14-,15-. The Kier molecular flexibility index (Phi) is 4.82. The van der Waals surface area contributed by atoms with Gasteiger partial charge in [-0.05, 0) is 51.0 Å². The topological polar surface area (TPSA) is 56.7 Å². The molecule has 3 aliphatic rings. The number of amides is 1. The molecule has 1 aromatic heterocycles. The highest BCUT2D eigenvalue weighted by molar-refractivity contribution is 6.30. The Morgan fingerprint density at radius 1 is 1.15 bits per heavy atom. The maximum absolute atomic E-state index is 14.1. The van der Waals surface area contributed by atoms with Crippen molar-refractivity contribution in [3.63, 3.8) is 0 Å². The molecule has 4 rings (SSSR count). The van der Waals surface area contributed by atoms with Crippen molar-refractivity contribution in [2.45, 2.75) is 57.1 Å². The molecule has 3 fully saturated rings. The fraction of sp³-hybridized carbons (Fsp3) is 0.684. The van der Waals surface area contributed by atoms with Gasteiger partial charge in [-0.15, -0.1) is 0 Å². The van der Waals surface area contributed by atoms with Gasteiger partial charge >= 0.3 is 0 Å². The predicted octanol–water partition coefficient (Wildman–Crippen LogP) is 3.00. The Morgan fingerprint density at radius 2 is 1.81 bits per heavy atom. The van der Waals surface area contributed by atoms with E-state index < -0.39 is 5.82 Å². The van der Waals surface area contributed by atoms with E-state index in [0.29, 0.717) is 23.9 Å². The summed E-state index contributed by atoms with van der Waals surface area (Å²) in [5.74, 6) is 0.185. The first-order chi connectivity index (χ1) is 12.5. The van der Waals surface area contributed by atoms with Crippen LogP contribution in [0.2, 0.25) is 5.02 Å². The van der Waals surface area contributed by atoms with Gasteiger partial charge in [-0.1, -0.05) is 11.6 Å². The lowest BCUT2D eigenvalue weighted by Gasteiger charge is -2.40.